The van der Waals surface area contributed by atoms with Crippen molar-refractivity contribution in [2.24, 2.45) is 5.73 Å². The summed E-state index contributed by atoms with van der Waals surface area (Å²) < 4.78 is 4.66. The van der Waals surface area contributed by atoms with E-state index in [1.54, 1.807) is 0 Å². The molecule has 0 aromatic carbocycles. The lowest BCUT2D eigenvalue weighted by Crippen LogP contribution is -2.30. The number of carbonyl (C=O) groups excluding carboxylic acids is 2. The molecule has 158 valence electrons. The van der Waals surface area contributed by atoms with Gasteiger partial charge in [-0.3, -0.25) is 14.4 Å². The maximum atomic E-state index is 11.5. The Kier molecular flexibility index (Phi) is 17.0. The number of ether oxygens (including phenoxy) is 1. The second-order valence-electron chi connectivity index (χ2n) is 7.32. The largest absolute Gasteiger partial charge is 0.480 e. The van der Waals surface area contributed by atoms with E-state index in [-0.39, 0.29) is 19.3 Å². The van der Waals surface area contributed by atoms with Gasteiger partial charge in [-0.2, -0.15) is 0 Å². The van der Waals surface area contributed by atoms with Gasteiger partial charge in [-0.25, -0.2) is 0 Å². The van der Waals surface area contributed by atoms with Gasteiger partial charge in [-0.15, -0.1) is 0 Å². The van der Waals surface area contributed by atoms with Gasteiger partial charge in [0.15, 0.2) is 0 Å². The summed E-state index contributed by atoms with van der Waals surface area (Å²) in [6.07, 6.45) is 16.0. The third-order valence-electron chi connectivity index (χ3n) is 4.69. The Hall–Kier alpha value is -1.43. The molecule has 0 aliphatic heterocycles. The molecule has 0 heterocycles. The van der Waals surface area contributed by atoms with Crippen LogP contribution in [0.25, 0.3) is 0 Å². The van der Waals surface area contributed by atoms with Crippen molar-refractivity contribution in [3.05, 3.63) is 0 Å². The van der Waals surface area contributed by atoms with Crippen LogP contribution in [0.2, 0.25) is 0 Å². The first kappa shape index (κ1) is 25.6. The highest BCUT2D eigenvalue weighted by Gasteiger charge is 2.16. The predicted octanol–water partition coefficient (Wildman–Crippen LogP) is 4.73. The van der Waals surface area contributed by atoms with Crippen molar-refractivity contribution in [1.82, 2.24) is 0 Å². The van der Waals surface area contributed by atoms with Crippen molar-refractivity contribution in [2.45, 2.75) is 116 Å². The normalized spacial score (nSPS) is 11.9. The zero-order valence-electron chi connectivity index (χ0n) is 17.0. The van der Waals surface area contributed by atoms with Crippen LogP contribution in [0.4, 0.5) is 0 Å². The molecule has 0 saturated carbocycles. The Morgan fingerprint density at radius 3 is 1.59 bits per heavy atom. The fourth-order valence-corrected chi connectivity index (χ4v) is 2.91. The van der Waals surface area contributed by atoms with E-state index in [2.05, 4.69) is 11.7 Å². The summed E-state index contributed by atoms with van der Waals surface area (Å²) in [5.74, 6) is -2.40. The Morgan fingerprint density at radius 1 is 0.741 bits per heavy atom. The Bertz CT molecular complexity index is 411. The molecule has 3 N–H and O–H groups in total. The SMILES string of the molecule is CCCCCCCCCCCCCCCC(=O)OC(=O)CC[C@H](N)C(=O)O. The second-order valence-corrected chi connectivity index (χ2v) is 7.32. The number of carboxylic acids is 1. The fourth-order valence-electron chi connectivity index (χ4n) is 2.91. The maximum Gasteiger partial charge on any atom is 0.320 e. The minimum absolute atomic E-state index is 0.0276. The van der Waals surface area contributed by atoms with Gasteiger partial charge in [0.1, 0.15) is 6.04 Å². The number of unbranched alkanes of at least 4 members (excludes halogenated alkanes) is 12. The number of aliphatic carboxylic acids is 1. The van der Waals surface area contributed by atoms with E-state index in [9.17, 15) is 14.4 Å². The first-order chi connectivity index (χ1) is 13.0. The molecule has 0 aromatic rings. The first-order valence-corrected chi connectivity index (χ1v) is 10.7. The van der Waals surface area contributed by atoms with Gasteiger partial charge in [0, 0.05) is 12.8 Å². The molecule has 0 amide bonds. The minimum Gasteiger partial charge on any atom is -0.480 e. The number of hydrogen-bond donors (Lipinski definition) is 2. The molecule has 1 atom stereocenters. The third-order valence-corrected chi connectivity index (χ3v) is 4.69. The van der Waals surface area contributed by atoms with Gasteiger partial charge in [-0.1, -0.05) is 84.0 Å². The quantitative estimate of drug-likeness (QED) is 0.201. The van der Waals surface area contributed by atoms with Crippen molar-refractivity contribution < 1.29 is 24.2 Å². The van der Waals surface area contributed by atoms with E-state index in [1.807, 2.05) is 0 Å². The molecule has 0 unspecified atom stereocenters. The van der Waals surface area contributed by atoms with Crippen molar-refractivity contribution >= 4 is 17.9 Å². The van der Waals surface area contributed by atoms with E-state index in [0.29, 0.717) is 0 Å². The predicted molar refractivity (Wildman–Crippen MR) is 106 cm³/mol. The summed E-state index contributed by atoms with van der Waals surface area (Å²) >= 11 is 0. The van der Waals surface area contributed by atoms with Crippen LogP contribution in [0.5, 0.6) is 0 Å². The van der Waals surface area contributed by atoms with Gasteiger partial charge in [-0.05, 0) is 12.8 Å². The molecule has 6 nitrogen and oxygen atoms in total. The van der Waals surface area contributed by atoms with Crippen molar-refractivity contribution in [1.29, 1.82) is 0 Å². The summed E-state index contributed by atoms with van der Waals surface area (Å²) in [5.41, 5.74) is 5.29. The number of esters is 2. The summed E-state index contributed by atoms with van der Waals surface area (Å²) in [6, 6.07) is -1.10. The number of carboxylic acid groups (broad SMARTS) is 1. The van der Waals surface area contributed by atoms with Crippen molar-refractivity contribution in [2.75, 3.05) is 0 Å². The molecule has 0 aliphatic rings. The van der Waals surface area contributed by atoms with Crippen LogP contribution in [-0.4, -0.2) is 29.1 Å². The van der Waals surface area contributed by atoms with E-state index < -0.39 is 23.9 Å². The van der Waals surface area contributed by atoms with Gasteiger partial charge in [0.05, 0.1) is 0 Å². The summed E-state index contributed by atoms with van der Waals surface area (Å²) in [4.78, 5) is 33.5. The number of hydrogen-bond acceptors (Lipinski definition) is 5. The van der Waals surface area contributed by atoms with Crippen LogP contribution >= 0.6 is 0 Å². The molecule has 0 spiro atoms. The third kappa shape index (κ3) is 17.7. The smallest absolute Gasteiger partial charge is 0.320 e. The van der Waals surface area contributed by atoms with E-state index in [0.717, 1.165) is 19.3 Å². The Balaban J connectivity index is 3.38. The van der Waals surface area contributed by atoms with E-state index >= 15 is 0 Å². The first-order valence-electron chi connectivity index (χ1n) is 10.7. The minimum atomic E-state index is -1.17. The molecule has 27 heavy (non-hydrogen) atoms. The molecule has 0 fully saturated rings. The molecule has 0 bridgehead atoms. The van der Waals surface area contributed by atoms with E-state index in [4.69, 9.17) is 10.8 Å². The molecule has 0 saturated heterocycles. The summed E-state index contributed by atoms with van der Waals surface area (Å²) in [6.45, 7) is 2.24. The van der Waals surface area contributed by atoms with Gasteiger partial charge in [0.25, 0.3) is 0 Å². The highest BCUT2D eigenvalue weighted by atomic mass is 16.6. The number of rotatable bonds is 18. The monoisotopic (exact) mass is 385 g/mol. The highest BCUT2D eigenvalue weighted by Crippen LogP contribution is 2.13. The Labute approximate surface area is 164 Å². The molecule has 0 aliphatic carbocycles. The molecule has 6 heteroatoms. The average molecular weight is 386 g/mol. The van der Waals surface area contributed by atoms with Crippen LogP contribution in [0.1, 0.15) is 110 Å². The molecular weight excluding hydrogens is 346 g/mol. The second kappa shape index (κ2) is 18.0. The Morgan fingerprint density at radius 2 is 1.15 bits per heavy atom. The summed E-state index contributed by atoms with van der Waals surface area (Å²) in [7, 11) is 0. The number of carbonyl (C=O) groups is 3. The fraction of sp³-hybridized carbons (Fsp3) is 0.857. The molecule has 0 rings (SSSR count). The zero-order chi connectivity index (χ0) is 20.3. The maximum absolute atomic E-state index is 11.5. The molecule has 0 radical (unpaired) electrons. The highest BCUT2D eigenvalue weighted by molar-refractivity contribution is 5.85. The lowest BCUT2D eigenvalue weighted by atomic mass is 10.0. The topological polar surface area (TPSA) is 107 Å². The average Bonchev–Trinajstić information content (AvgIpc) is 2.63. The standard InChI is InChI=1S/C21H39NO5/c1-2-3-4-5-6-7-8-9-10-11-12-13-14-15-19(23)27-20(24)17-16-18(22)21(25)26/h18H,2-17,22H2,1H3,(H,25,26)/t18-/m0/s1. The van der Waals surface area contributed by atoms with Crippen molar-refractivity contribution in [3.8, 4) is 0 Å². The van der Waals surface area contributed by atoms with Crippen LogP contribution in [0, 0.1) is 0 Å². The van der Waals surface area contributed by atoms with Gasteiger partial charge >= 0.3 is 17.9 Å². The summed E-state index contributed by atoms with van der Waals surface area (Å²) in [5, 5.41) is 8.62. The lowest BCUT2D eigenvalue weighted by Gasteiger charge is -2.06. The van der Waals surface area contributed by atoms with Gasteiger partial charge < -0.3 is 15.6 Å². The van der Waals surface area contributed by atoms with Crippen LogP contribution in [0.15, 0.2) is 0 Å². The van der Waals surface area contributed by atoms with Gasteiger partial charge in [0.2, 0.25) is 0 Å². The van der Waals surface area contributed by atoms with E-state index in [1.165, 1.54) is 64.2 Å². The van der Waals surface area contributed by atoms with Crippen molar-refractivity contribution in [3.63, 3.8) is 0 Å². The van der Waals surface area contributed by atoms with Crippen LogP contribution < -0.4 is 5.73 Å². The zero-order valence-corrected chi connectivity index (χ0v) is 17.0. The molecular formula is C21H39NO5. The lowest BCUT2D eigenvalue weighted by molar-refractivity contribution is -0.159. The van der Waals surface area contributed by atoms with Crippen LogP contribution in [0.3, 0.4) is 0 Å². The number of nitrogens with two attached hydrogens (primary N) is 1. The van der Waals surface area contributed by atoms with Crippen LogP contribution in [-0.2, 0) is 19.1 Å². The molecule has 0 aromatic heterocycles.